The molecule has 1 aliphatic heterocycles. The Morgan fingerprint density at radius 2 is 1.69 bits per heavy atom. The van der Waals surface area contributed by atoms with Crippen LogP contribution in [0.1, 0.15) is 57.6 Å². The Morgan fingerprint density at radius 3 is 2.28 bits per heavy atom. The lowest BCUT2D eigenvalue weighted by Crippen LogP contribution is -2.51. The van der Waals surface area contributed by atoms with E-state index in [0.29, 0.717) is 21.5 Å². The molecule has 0 atom stereocenters. The normalized spacial score (nSPS) is 19.8. The molecule has 4 rings (SSSR count). The molecule has 0 N–H and O–H groups in total. The van der Waals surface area contributed by atoms with E-state index >= 15 is 0 Å². The number of ketones is 1. The van der Waals surface area contributed by atoms with Gasteiger partial charge >= 0.3 is 5.97 Å². The molecule has 1 fully saturated rings. The lowest BCUT2D eigenvalue weighted by atomic mass is 9.76. The van der Waals surface area contributed by atoms with Crippen molar-refractivity contribution in [2.75, 3.05) is 7.11 Å². The molecule has 1 saturated carbocycles. The zero-order valence-electron chi connectivity index (χ0n) is 18.8. The SMILES string of the molecule is COC(=O)C1=C(c2cc(-c3ccc(Cl)cc3Cl)ccc2C2CC2)C(=O)C(C)(C)OC1(C)C. The number of Topliss-reactive ketones (excluding diaryl/α,β-unsaturated/α-hetero) is 1. The van der Waals surface area contributed by atoms with Crippen molar-refractivity contribution in [1.29, 1.82) is 0 Å². The summed E-state index contributed by atoms with van der Waals surface area (Å²) in [6, 6.07) is 11.3. The van der Waals surface area contributed by atoms with Gasteiger partial charge in [0.25, 0.3) is 0 Å². The van der Waals surface area contributed by atoms with Crippen LogP contribution in [-0.4, -0.2) is 30.1 Å². The van der Waals surface area contributed by atoms with E-state index in [1.165, 1.54) is 7.11 Å². The van der Waals surface area contributed by atoms with E-state index < -0.39 is 17.2 Å². The molecule has 0 unspecified atom stereocenters. The minimum absolute atomic E-state index is 0.238. The van der Waals surface area contributed by atoms with Gasteiger partial charge in [-0.3, -0.25) is 4.79 Å². The number of halogens is 2. The molecule has 0 amide bonds. The number of methoxy groups -OCH3 is 1. The van der Waals surface area contributed by atoms with Gasteiger partial charge in [-0.15, -0.1) is 0 Å². The van der Waals surface area contributed by atoms with Crippen LogP contribution in [0.5, 0.6) is 0 Å². The Kier molecular flexibility index (Phi) is 5.77. The van der Waals surface area contributed by atoms with E-state index in [9.17, 15) is 9.59 Å². The Balaban J connectivity index is 2.03. The number of hydrogen-bond donors (Lipinski definition) is 0. The Hall–Kier alpha value is -2.14. The van der Waals surface area contributed by atoms with Crippen LogP contribution >= 0.6 is 23.2 Å². The molecular weight excluding hydrogens is 447 g/mol. The number of benzene rings is 2. The second-order valence-corrected chi connectivity index (χ2v) is 10.2. The molecule has 2 aromatic rings. The molecular formula is C26H26Cl2O4. The molecule has 0 saturated heterocycles. The van der Waals surface area contributed by atoms with Crippen molar-refractivity contribution in [1.82, 2.24) is 0 Å². The van der Waals surface area contributed by atoms with Gasteiger partial charge in [0.15, 0.2) is 5.78 Å². The summed E-state index contributed by atoms with van der Waals surface area (Å²) in [4.78, 5) is 26.6. The lowest BCUT2D eigenvalue weighted by Gasteiger charge is -2.42. The fourth-order valence-electron chi connectivity index (χ4n) is 4.57. The van der Waals surface area contributed by atoms with Crippen molar-refractivity contribution < 1.29 is 19.1 Å². The first-order valence-corrected chi connectivity index (χ1v) is 11.4. The van der Waals surface area contributed by atoms with Crippen LogP contribution in [0.4, 0.5) is 0 Å². The van der Waals surface area contributed by atoms with E-state index in [0.717, 1.165) is 35.1 Å². The zero-order chi connectivity index (χ0) is 23.4. The van der Waals surface area contributed by atoms with Crippen molar-refractivity contribution in [3.05, 3.63) is 63.1 Å². The van der Waals surface area contributed by atoms with E-state index in [2.05, 4.69) is 0 Å². The van der Waals surface area contributed by atoms with Gasteiger partial charge < -0.3 is 9.47 Å². The predicted molar refractivity (Wildman–Crippen MR) is 127 cm³/mol. The summed E-state index contributed by atoms with van der Waals surface area (Å²) in [5, 5.41) is 1.07. The van der Waals surface area contributed by atoms with Gasteiger partial charge in [0.05, 0.1) is 18.3 Å². The maximum Gasteiger partial charge on any atom is 0.337 e. The first-order chi connectivity index (χ1) is 15.0. The molecule has 2 aliphatic rings. The van der Waals surface area contributed by atoms with Crippen molar-refractivity contribution in [2.45, 2.75) is 57.7 Å². The van der Waals surface area contributed by atoms with Crippen LogP contribution < -0.4 is 0 Å². The standard InChI is InChI=1S/C26H26Cl2O4/c1-25(2)22(24(30)31-5)21(23(29)26(3,4)32-25)19-12-15(8-10-17(19)14-6-7-14)18-11-9-16(27)13-20(18)28/h8-14H,6-7H2,1-5H3. The highest BCUT2D eigenvalue weighted by molar-refractivity contribution is 6.36. The molecule has 0 aromatic heterocycles. The second-order valence-electron chi connectivity index (χ2n) is 9.39. The highest BCUT2D eigenvalue weighted by atomic mass is 35.5. The first kappa shape index (κ1) is 23.0. The highest BCUT2D eigenvalue weighted by Crippen LogP contribution is 2.49. The highest BCUT2D eigenvalue weighted by Gasteiger charge is 2.50. The van der Waals surface area contributed by atoms with E-state index in [1.54, 1.807) is 39.8 Å². The minimum atomic E-state index is -1.09. The van der Waals surface area contributed by atoms with E-state index in [4.69, 9.17) is 32.7 Å². The Morgan fingerprint density at radius 1 is 1.00 bits per heavy atom. The lowest BCUT2D eigenvalue weighted by molar-refractivity contribution is -0.159. The average molecular weight is 473 g/mol. The van der Waals surface area contributed by atoms with Gasteiger partial charge in [-0.25, -0.2) is 4.79 Å². The summed E-state index contributed by atoms with van der Waals surface area (Å²) >= 11 is 12.6. The van der Waals surface area contributed by atoms with Crippen LogP contribution in [-0.2, 0) is 19.1 Å². The van der Waals surface area contributed by atoms with Gasteiger partial charge in [0.2, 0.25) is 0 Å². The van der Waals surface area contributed by atoms with E-state index in [-0.39, 0.29) is 11.4 Å². The summed E-state index contributed by atoms with van der Waals surface area (Å²) in [6.07, 6.45) is 2.10. The van der Waals surface area contributed by atoms with Gasteiger partial charge in [-0.05, 0) is 81.3 Å². The van der Waals surface area contributed by atoms with Crippen molar-refractivity contribution in [3.63, 3.8) is 0 Å². The monoisotopic (exact) mass is 472 g/mol. The van der Waals surface area contributed by atoms with Crippen LogP contribution in [0.25, 0.3) is 16.7 Å². The maximum atomic E-state index is 13.7. The molecule has 168 valence electrons. The molecule has 1 aliphatic carbocycles. The van der Waals surface area contributed by atoms with Crippen molar-refractivity contribution >= 4 is 40.5 Å². The number of carbonyl (C=O) groups excluding carboxylic acids is 2. The predicted octanol–water partition coefficient (Wildman–Crippen LogP) is 6.62. The van der Waals surface area contributed by atoms with Crippen LogP contribution in [0.3, 0.4) is 0 Å². The molecule has 2 aromatic carbocycles. The third-order valence-corrected chi connectivity index (χ3v) is 6.66. The number of esters is 1. The van der Waals surface area contributed by atoms with Gasteiger partial charge in [0.1, 0.15) is 5.60 Å². The first-order valence-electron chi connectivity index (χ1n) is 10.6. The largest absolute Gasteiger partial charge is 0.466 e. The smallest absolute Gasteiger partial charge is 0.337 e. The molecule has 0 bridgehead atoms. The third kappa shape index (κ3) is 4.00. The summed E-state index contributed by atoms with van der Waals surface area (Å²) in [5.74, 6) is -0.447. The minimum Gasteiger partial charge on any atom is -0.466 e. The second kappa shape index (κ2) is 8.02. The summed E-state index contributed by atoms with van der Waals surface area (Å²) < 4.78 is 11.2. The quantitative estimate of drug-likeness (QED) is 0.469. The van der Waals surface area contributed by atoms with Crippen LogP contribution in [0.2, 0.25) is 10.0 Å². The molecule has 1 heterocycles. The van der Waals surface area contributed by atoms with Crippen LogP contribution in [0.15, 0.2) is 42.0 Å². The van der Waals surface area contributed by atoms with Gasteiger partial charge in [-0.2, -0.15) is 0 Å². The maximum absolute atomic E-state index is 13.7. The van der Waals surface area contributed by atoms with E-state index in [1.807, 2.05) is 24.3 Å². The number of ether oxygens (including phenoxy) is 2. The number of carbonyl (C=O) groups is 2. The molecule has 4 nitrogen and oxygen atoms in total. The topological polar surface area (TPSA) is 52.6 Å². The molecule has 6 heteroatoms. The molecule has 0 radical (unpaired) electrons. The summed E-state index contributed by atoms with van der Waals surface area (Å²) in [6.45, 7) is 7.07. The molecule has 32 heavy (non-hydrogen) atoms. The Bertz CT molecular complexity index is 1160. The third-order valence-electron chi connectivity index (χ3n) is 6.11. The van der Waals surface area contributed by atoms with Crippen LogP contribution in [0, 0.1) is 0 Å². The van der Waals surface area contributed by atoms with Gasteiger partial charge in [0, 0.05) is 21.2 Å². The fourth-order valence-corrected chi connectivity index (χ4v) is 5.09. The zero-order valence-corrected chi connectivity index (χ0v) is 20.4. The summed E-state index contributed by atoms with van der Waals surface area (Å²) in [5.41, 5.74) is 1.95. The number of hydrogen-bond acceptors (Lipinski definition) is 4. The Labute approximate surface area is 198 Å². The molecule has 0 spiro atoms. The van der Waals surface area contributed by atoms with Crippen molar-refractivity contribution in [3.8, 4) is 11.1 Å². The summed E-state index contributed by atoms with van der Waals surface area (Å²) in [7, 11) is 1.32. The average Bonchev–Trinajstić information content (AvgIpc) is 3.54. The van der Waals surface area contributed by atoms with Gasteiger partial charge in [-0.1, -0.05) is 41.4 Å². The fraction of sp³-hybridized carbons (Fsp3) is 0.385. The van der Waals surface area contributed by atoms with Crippen molar-refractivity contribution in [2.24, 2.45) is 0 Å². The number of rotatable bonds is 4.